The summed E-state index contributed by atoms with van der Waals surface area (Å²) >= 11 is 0. The van der Waals surface area contributed by atoms with Gasteiger partial charge in [-0.2, -0.15) is 13.2 Å². The minimum Gasteiger partial charge on any atom is -0.481 e. The number of unbranched alkanes of at least 4 members (excludes halogenated alkanes) is 1. The van der Waals surface area contributed by atoms with Crippen LogP contribution in [-0.2, 0) is 4.79 Å². The molecular weight excluding hydrogens is 253 g/mol. The number of urea groups is 1. The standard InChI is InChI=1S/C10H15F3N2O3/c11-10(12,13)9(4-5-9)15-8(18)14-6-2-1-3-7(16)17/h1-6H2,(H,16,17)(H2,14,15,18). The van der Waals surface area contributed by atoms with Gasteiger partial charge in [0.2, 0.25) is 0 Å². The number of carbonyl (C=O) groups is 2. The smallest absolute Gasteiger partial charge is 0.411 e. The Kier molecular flexibility index (Phi) is 4.42. The summed E-state index contributed by atoms with van der Waals surface area (Å²) < 4.78 is 37.4. The molecule has 0 bridgehead atoms. The second-order valence-corrected chi connectivity index (χ2v) is 4.31. The summed E-state index contributed by atoms with van der Waals surface area (Å²) in [5.41, 5.74) is -2.06. The normalized spacial score (nSPS) is 17.1. The lowest BCUT2D eigenvalue weighted by Crippen LogP contribution is -2.51. The zero-order valence-corrected chi connectivity index (χ0v) is 9.64. The molecule has 0 spiro atoms. The predicted molar refractivity (Wildman–Crippen MR) is 56.0 cm³/mol. The molecule has 18 heavy (non-hydrogen) atoms. The Labute approximate surface area is 102 Å². The molecule has 0 unspecified atom stereocenters. The molecule has 0 saturated heterocycles. The molecule has 1 aliphatic carbocycles. The minimum atomic E-state index is -4.42. The van der Waals surface area contributed by atoms with Gasteiger partial charge in [-0.3, -0.25) is 4.79 Å². The maximum Gasteiger partial charge on any atom is 0.411 e. The van der Waals surface area contributed by atoms with Gasteiger partial charge < -0.3 is 15.7 Å². The zero-order valence-electron chi connectivity index (χ0n) is 9.64. The van der Waals surface area contributed by atoms with Crippen molar-refractivity contribution in [2.75, 3.05) is 6.54 Å². The van der Waals surface area contributed by atoms with E-state index in [4.69, 9.17) is 5.11 Å². The van der Waals surface area contributed by atoms with E-state index < -0.39 is 23.7 Å². The predicted octanol–water partition coefficient (Wildman–Crippen LogP) is 1.64. The number of halogens is 3. The number of carboxylic acids is 1. The first kappa shape index (κ1) is 14.6. The van der Waals surface area contributed by atoms with Crippen molar-refractivity contribution in [2.45, 2.75) is 43.8 Å². The Hall–Kier alpha value is -1.47. The zero-order chi connectivity index (χ0) is 13.8. The summed E-state index contributed by atoms with van der Waals surface area (Å²) in [6.07, 6.45) is -3.84. The van der Waals surface area contributed by atoms with E-state index >= 15 is 0 Å². The van der Waals surface area contributed by atoms with Crippen LogP contribution >= 0.6 is 0 Å². The number of nitrogens with one attached hydrogen (secondary N) is 2. The Morgan fingerprint density at radius 1 is 1.22 bits per heavy atom. The second kappa shape index (κ2) is 5.45. The first-order valence-corrected chi connectivity index (χ1v) is 5.61. The molecule has 2 amide bonds. The van der Waals surface area contributed by atoms with E-state index in [1.807, 2.05) is 5.32 Å². The highest BCUT2D eigenvalue weighted by Gasteiger charge is 2.64. The minimum absolute atomic E-state index is 0.0181. The highest BCUT2D eigenvalue weighted by Crippen LogP contribution is 2.48. The maximum atomic E-state index is 12.5. The second-order valence-electron chi connectivity index (χ2n) is 4.31. The van der Waals surface area contributed by atoms with Crippen LogP contribution in [0.5, 0.6) is 0 Å². The van der Waals surface area contributed by atoms with Gasteiger partial charge in [0, 0.05) is 13.0 Å². The van der Waals surface area contributed by atoms with E-state index in [0.29, 0.717) is 12.8 Å². The van der Waals surface area contributed by atoms with E-state index in [1.165, 1.54) is 0 Å². The first-order valence-electron chi connectivity index (χ1n) is 5.61. The molecule has 104 valence electrons. The Balaban J connectivity index is 2.17. The molecule has 0 atom stereocenters. The van der Waals surface area contributed by atoms with Gasteiger partial charge in [-0.1, -0.05) is 0 Å². The summed E-state index contributed by atoms with van der Waals surface area (Å²) in [7, 11) is 0. The highest BCUT2D eigenvalue weighted by atomic mass is 19.4. The number of carbonyl (C=O) groups excluding carboxylic acids is 1. The molecule has 8 heteroatoms. The monoisotopic (exact) mass is 268 g/mol. The van der Waals surface area contributed by atoms with Crippen molar-refractivity contribution in [3.05, 3.63) is 0 Å². The number of rotatable bonds is 6. The Bertz CT molecular complexity index is 327. The molecule has 0 aromatic heterocycles. The molecule has 5 nitrogen and oxygen atoms in total. The van der Waals surface area contributed by atoms with E-state index in [9.17, 15) is 22.8 Å². The summed E-state index contributed by atoms with van der Waals surface area (Å²) in [6.45, 7) is 0.160. The average Bonchev–Trinajstić information content (AvgIpc) is 2.96. The van der Waals surface area contributed by atoms with Crippen molar-refractivity contribution in [2.24, 2.45) is 0 Å². The summed E-state index contributed by atoms with van der Waals surface area (Å²) in [5.74, 6) is -0.937. The van der Waals surface area contributed by atoms with Crippen LogP contribution in [0.2, 0.25) is 0 Å². The third kappa shape index (κ3) is 4.08. The summed E-state index contributed by atoms with van der Waals surface area (Å²) in [4.78, 5) is 21.4. The lowest BCUT2D eigenvalue weighted by Gasteiger charge is -2.20. The molecule has 3 N–H and O–H groups in total. The van der Waals surface area contributed by atoms with Gasteiger partial charge >= 0.3 is 18.2 Å². The first-order chi connectivity index (χ1) is 8.27. The lowest BCUT2D eigenvalue weighted by molar-refractivity contribution is -0.162. The molecule has 1 saturated carbocycles. The van der Waals surface area contributed by atoms with Gasteiger partial charge in [0.25, 0.3) is 0 Å². The number of hydrogen-bond donors (Lipinski definition) is 3. The van der Waals surface area contributed by atoms with Crippen molar-refractivity contribution < 1.29 is 27.9 Å². The quantitative estimate of drug-likeness (QED) is 0.641. The van der Waals surface area contributed by atoms with Crippen LogP contribution in [0.25, 0.3) is 0 Å². The van der Waals surface area contributed by atoms with Gasteiger partial charge in [0.1, 0.15) is 5.54 Å². The molecule has 0 aliphatic heterocycles. The highest BCUT2D eigenvalue weighted by molar-refractivity contribution is 5.75. The SMILES string of the molecule is O=C(O)CCCCNC(=O)NC1(C(F)(F)F)CC1. The fourth-order valence-corrected chi connectivity index (χ4v) is 1.47. The van der Waals surface area contributed by atoms with Crippen LogP contribution in [0.1, 0.15) is 32.1 Å². The van der Waals surface area contributed by atoms with Gasteiger partial charge in [-0.15, -0.1) is 0 Å². The van der Waals surface area contributed by atoms with E-state index in [-0.39, 0.29) is 25.8 Å². The molecule has 1 fully saturated rings. The molecule has 0 heterocycles. The van der Waals surface area contributed by atoms with Gasteiger partial charge in [0.05, 0.1) is 0 Å². The van der Waals surface area contributed by atoms with Crippen LogP contribution in [0.3, 0.4) is 0 Å². The average molecular weight is 268 g/mol. The van der Waals surface area contributed by atoms with Crippen molar-refractivity contribution >= 4 is 12.0 Å². The van der Waals surface area contributed by atoms with Crippen molar-refractivity contribution in [3.8, 4) is 0 Å². The maximum absolute atomic E-state index is 12.5. The van der Waals surface area contributed by atoms with Crippen molar-refractivity contribution in [1.82, 2.24) is 10.6 Å². The number of aliphatic carboxylic acids is 1. The van der Waals surface area contributed by atoms with Gasteiger partial charge in [0.15, 0.2) is 0 Å². The van der Waals surface area contributed by atoms with Crippen molar-refractivity contribution in [3.63, 3.8) is 0 Å². The van der Waals surface area contributed by atoms with E-state index in [1.54, 1.807) is 0 Å². The molecule has 1 rings (SSSR count). The molecule has 0 aromatic rings. The molecule has 0 radical (unpaired) electrons. The van der Waals surface area contributed by atoms with Gasteiger partial charge in [-0.05, 0) is 25.7 Å². The van der Waals surface area contributed by atoms with Crippen LogP contribution in [-0.4, -0.2) is 35.4 Å². The number of carboxylic acid groups (broad SMARTS) is 1. The summed E-state index contributed by atoms with van der Waals surface area (Å²) in [5, 5.41) is 12.5. The fourth-order valence-electron chi connectivity index (χ4n) is 1.47. The van der Waals surface area contributed by atoms with Crippen LogP contribution in [0.15, 0.2) is 0 Å². The Morgan fingerprint density at radius 2 is 1.83 bits per heavy atom. The van der Waals surface area contributed by atoms with Crippen LogP contribution in [0.4, 0.5) is 18.0 Å². The van der Waals surface area contributed by atoms with Gasteiger partial charge in [-0.25, -0.2) is 4.79 Å². The third-order valence-electron chi connectivity index (χ3n) is 2.75. The van der Waals surface area contributed by atoms with Crippen LogP contribution in [0, 0.1) is 0 Å². The van der Waals surface area contributed by atoms with E-state index in [0.717, 1.165) is 0 Å². The Morgan fingerprint density at radius 3 is 2.28 bits per heavy atom. The van der Waals surface area contributed by atoms with Crippen molar-refractivity contribution in [1.29, 1.82) is 0 Å². The third-order valence-corrected chi connectivity index (χ3v) is 2.75. The molecular formula is C10H15F3N2O3. The number of alkyl halides is 3. The molecule has 1 aliphatic rings. The largest absolute Gasteiger partial charge is 0.481 e. The topological polar surface area (TPSA) is 78.4 Å². The van der Waals surface area contributed by atoms with Crippen LogP contribution < -0.4 is 10.6 Å². The lowest BCUT2D eigenvalue weighted by atomic mass is 10.2. The fraction of sp³-hybridized carbons (Fsp3) is 0.800. The molecule has 0 aromatic carbocycles. The van der Waals surface area contributed by atoms with E-state index in [2.05, 4.69) is 5.32 Å². The number of amides is 2. The number of hydrogen-bond acceptors (Lipinski definition) is 2. The summed E-state index contributed by atoms with van der Waals surface area (Å²) in [6, 6.07) is -0.861.